The van der Waals surface area contributed by atoms with E-state index in [1.165, 1.54) is 0 Å². The molecule has 0 aromatic carbocycles. The van der Waals surface area contributed by atoms with E-state index in [0.717, 1.165) is 21.9 Å². The molecule has 0 spiro atoms. The van der Waals surface area contributed by atoms with Crippen LogP contribution < -0.4 is 0 Å². The topological polar surface area (TPSA) is 54.5 Å². The van der Waals surface area contributed by atoms with Crippen molar-refractivity contribution in [3.05, 3.63) is 31.0 Å². The zero-order chi connectivity index (χ0) is 8.67. The number of aromatic nitrogens is 4. The van der Waals surface area contributed by atoms with E-state index in [2.05, 4.69) is 19.9 Å². The summed E-state index contributed by atoms with van der Waals surface area (Å²) >= 11 is 0. The molecule has 0 saturated heterocycles. The minimum atomic E-state index is 0.749. The molecule has 0 aliphatic carbocycles. The summed E-state index contributed by atoms with van der Waals surface area (Å²) in [5.41, 5.74) is 1.72. The van der Waals surface area contributed by atoms with Crippen LogP contribution in [0, 0.1) is 0 Å². The summed E-state index contributed by atoms with van der Waals surface area (Å²) in [7, 11) is 0. The molecule has 0 aliphatic rings. The summed E-state index contributed by atoms with van der Waals surface area (Å²) in [6.45, 7) is 0. The monoisotopic (exact) mass is 170 g/mol. The highest BCUT2D eigenvalue weighted by Gasteiger charge is 2.01. The minimum absolute atomic E-state index is 0.749. The van der Waals surface area contributed by atoms with Crippen molar-refractivity contribution in [1.82, 2.24) is 19.9 Å². The van der Waals surface area contributed by atoms with E-state index in [4.69, 9.17) is 0 Å². The Balaban J connectivity index is 2.65. The van der Waals surface area contributed by atoms with Crippen LogP contribution in [0.5, 0.6) is 0 Å². The van der Waals surface area contributed by atoms with Crippen LogP contribution in [0.15, 0.2) is 31.0 Å². The number of pyridine rings is 2. The summed E-state index contributed by atoms with van der Waals surface area (Å²) in [5, 5.41) is 2.14. The van der Waals surface area contributed by atoms with Crippen LogP contribution in [0.2, 0.25) is 0 Å². The van der Waals surface area contributed by atoms with Crippen LogP contribution in [0.1, 0.15) is 0 Å². The molecule has 1 N–H and O–H groups in total. The minimum Gasteiger partial charge on any atom is -0.343 e. The van der Waals surface area contributed by atoms with Crippen LogP contribution in [0.3, 0.4) is 0 Å². The number of rotatable bonds is 0. The first-order valence-electron chi connectivity index (χ1n) is 3.97. The second kappa shape index (κ2) is 2.26. The van der Waals surface area contributed by atoms with E-state index >= 15 is 0 Å². The molecule has 62 valence electrons. The molecule has 0 amide bonds. The molecule has 3 aromatic rings. The van der Waals surface area contributed by atoms with Crippen molar-refractivity contribution in [2.75, 3.05) is 0 Å². The Labute approximate surface area is 73.7 Å². The molecular weight excluding hydrogens is 164 g/mol. The average molecular weight is 170 g/mol. The molecule has 0 aliphatic heterocycles. The van der Waals surface area contributed by atoms with Crippen molar-refractivity contribution in [3.8, 4) is 0 Å². The zero-order valence-electron chi connectivity index (χ0n) is 6.73. The molecule has 4 nitrogen and oxygen atoms in total. The van der Waals surface area contributed by atoms with Crippen molar-refractivity contribution < 1.29 is 0 Å². The molecule has 0 fully saturated rings. The van der Waals surface area contributed by atoms with Crippen LogP contribution in [0.25, 0.3) is 21.9 Å². The number of H-pyrrole nitrogens is 1. The number of aromatic amines is 1. The van der Waals surface area contributed by atoms with E-state index in [1.54, 1.807) is 24.9 Å². The van der Waals surface area contributed by atoms with Gasteiger partial charge in [-0.25, -0.2) is 9.97 Å². The van der Waals surface area contributed by atoms with E-state index in [-0.39, 0.29) is 0 Å². The number of nitrogens with zero attached hydrogens (tertiary/aromatic N) is 3. The predicted molar refractivity (Wildman–Crippen MR) is 49.2 cm³/mol. The molecule has 0 saturated carbocycles. The second-order valence-corrected chi connectivity index (χ2v) is 2.82. The first kappa shape index (κ1) is 6.54. The van der Waals surface area contributed by atoms with E-state index < -0.39 is 0 Å². The Morgan fingerprint density at radius 1 is 1.15 bits per heavy atom. The summed E-state index contributed by atoms with van der Waals surface area (Å²) in [6, 6.07) is 1.96. The fourth-order valence-electron chi connectivity index (χ4n) is 1.45. The summed E-state index contributed by atoms with van der Waals surface area (Å²) in [5.74, 6) is 0. The molecule has 0 unspecified atom stereocenters. The predicted octanol–water partition coefficient (Wildman–Crippen LogP) is 1.51. The summed E-state index contributed by atoms with van der Waals surface area (Å²) in [6.07, 6.45) is 6.99. The van der Waals surface area contributed by atoms with E-state index in [1.807, 2.05) is 6.07 Å². The van der Waals surface area contributed by atoms with Gasteiger partial charge in [-0.1, -0.05) is 0 Å². The van der Waals surface area contributed by atoms with Gasteiger partial charge >= 0.3 is 0 Å². The Morgan fingerprint density at radius 3 is 3.15 bits per heavy atom. The van der Waals surface area contributed by atoms with Gasteiger partial charge in [0.25, 0.3) is 0 Å². The van der Waals surface area contributed by atoms with Crippen molar-refractivity contribution in [2.24, 2.45) is 0 Å². The van der Waals surface area contributed by atoms with Gasteiger partial charge in [-0.05, 0) is 6.07 Å². The lowest BCUT2D eigenvalue weighted by atomic mass is 10.2. The van der Waals surface area contributed by atoms with Crippen LogP contribution >= 0.6 is 0 Å². The number of fused-ring (bicyclic) bond motifs is 3. The maximum absolute atomic E-state index is 4.19. The highest BCUT2D eigenvalue weighted by atomic mass is 14.9. The lowest BCUT2D eigenvalue weighted by Crippen LogP contribution is -1.81. The Bertz CT molecular complexity index is 570. The van der Waals surface area contributed by atoms with Gasteiger partial charge in [0.15, 0.2) is 5.65 Å². The zero-order valence-corrected chi connectivity index (χ0v) is 6.73. The molecule has 0 radical (unpaired) electrons. The van der Waals surface area contributed by atoms with Gasteiger partial charge in [0.1, 0.15) is 0 Å². The van der Waals surface area contributed by atoms with Crippen LogP contribution in [0.4, 0.5) is 0 Å². The molecule has 4 heteroatoms. The Morgan fingerprint density at radius 2 is 2.15 bits per heavy atom. The summed E-state index contributed by atoms with van der Waals surface area (Å²) in [4.78, 5) is 15.4. The van der Waals surface area contributed by atoms with Gasteiger partial charge in [0.2, 0.25) is 0 Å². The highest BCUT2D eigenvalue weighted by Crippen LogP contribution is 2.18. The van der Waals surface area contributed by atoms with Gasteiger partial charge in [-0.15, -0.1) is 0 Å². The number of hydrogen-bond acceptors (Lipinski definition) is 3. The third-order valence-corrected chi connectivity index (χ3v) is 2.07. The maximum atomic E-state index is 4.19. The van der Waals surface area contributed by atoms with E-state index in [0.29, 0.717) is 0 Å². The first-order valence-corrected chi connectivity index (χ1v) is 3.97. The highest BCUT2D eigenvalue weighted by molar-refractivity contribution is 6.01. The van der Waals surface area contributed by atoms with Gasteiger partial charge < -0.3 is 4.98 Å². The van der Waals surface area contributed by atoms with Crippen molar-refractivity contribution in [3.63, 3.8) is 0 Å². The van der Waals surface area contributed by atoms with Gasteiger partial charge in [-0.3, -0.25) is 4.98 Å². The first-order chi connectivity index (χ1) is 6.45. The maximum Gasteiger partial charge on any atom is 0.178 e. The van der Waals surface area contributed by atoms with Crippen LogP contribution in [-0.2, 0) is 0 Å². The molecule has 0 bridgehead atoms. The lowest BCUT2D eigenvalue weighted by molar-refractivity contribution is 1.30. The van der Waals surface area contributed by atoms with Gasteiger partial charge in [-0.2, -0.15) is 0 Å². The molecule has 3 aromatic heterocycles. The van der Waals surface area contributed by atoms with Crippen molar-refractivity contribution >= 4 is 21.9 Å². The van der Waals surface area contributed by atoms with Gasteiger partial charge in [0.05, 0.1) is 11.8 Å². The fraction of sp³-hybridized carbons (Fsp3) is 0. The number of nitrogens with one attached hydrogen (secondary N) is 1. The van der Waals surface area contributed by atoms with Crippen LogP contribution in [-0.4, -0.2) is 19.9 Å². The second-order valence-electron chi connectivity index (χ2n) is 2.82. The third kappa shape index (κ3) is 0.823. The largest absolute Gasteiger partial charge is 0.343 e. The SMILES string of the molecule is c1cc2c(cn1)cnc1nc[nH]c12. The van der Waals surface area contributed by atoms with Gasteiger partial charge in [0, 0.05) is 29.4 Å². The smallest absolute Gasteiger partial charge is 0.178 e. The summed E-state index contributed by atoms with van der Waals surface area (Å²) < 4.78 is 0. The van der Waals surface area contributed by atoms with Crippen molar-refractivity contribution in [2.45, 2.75) is 0 Å². The number of hydrogen-bond donors (Lipinski definition) is 1. The Hall–Kier alpha value is -1.97. The van der Waals surface area contributed by atoms with Crippen molar-refractivity contribution in [1.29, 1.82) is 0 Å². The molecular formula is C9H6N4. The fourth-order valence-corrected chi connectivity index (χ4v) is 1.45. The average Bonchev–Trinajstić information content (AvgIpc) is 2.65. The van der Waals surface area contributed by atoms with E-state index in [9.17, 15) is 0 Å². The lowest BCUT2D eigenvalue weighted by Gasteiger charge is -1.95. The third-order valence-electron chi connectivity index (χ3n) is 2.07. The normalized spacial score (nSPS) is 11.1. The quantitative estimate of drug-likeness (QED) is 0.556. The molecule has 0 atom stereocenters. The molecule has 13 heavy (non-hydrogen) atoms. The molecule has 3 heterocycles. The molecule has 3 rings (SSSR count). The Kier molecular flexibility index (Phi) is 1.14. The number of imidazole rings is 1. The standard InChI is InChI=1S/C9H6N4/c1-2-10-3-6-4-11-9-8(7(1)6)12-5-13-9/h1-5H,(H,11,12,13).